The molecule has 0 aromatic heterocycles. The molecule has 0 amide bonds. The average Bonchev–Trinajstić information content (AvgIpc) is 2.24. The molecular weight excluding hydrogens is 239 g/mol. The summed E-state index contributed by atoms with van der Waals surface area (Å²) in [7, 11) is 0. The summed E-state index contributed by atoms with van der Waals surface area (Å²) in [4.78, 5) is 2.20. The Hall–Kier alpha value is -0.640. The van der Waals surface area contributed by atoms with Gasteiger partial charge in [-0.15, -0.1) is 0 Å². The van der Waals surface area contributed by atoms with E-state index in [0.717, 1.165) is 18.7 Å². The lowest BCUT2D eigenvalue weighted by Gasteiger charge is -2.24. The average molecular weight is 259 g/mol. The van der Waals surface area contributed by atoms with Crippen molar-refractivity contribution >= 4 is 11.6 Å². The van der Waals surface area contributed by atoms with E-state index >= 15 is 0 Å². The molecule has 1 rings (SSSR count). The van der Waals surface area contributed by atoms with Gasteiger partial charge in [-0.1, -0.05) is 37.6 Å². The molecule has 0 unspecified atom stereocenters. The standard InChI is InChI=1S/C13H20ClFN2/c1-10(2)8-17(7-6-16)9-11-4-3-5-12(15)13(11)14/h3-5,10H,6-9,16H2,1-2H3. The lowest BCUT2D eigenvalue weighted by atomic mass is 10.1. The molecule has 0 radical (unpaired) electrons. The molecule has 0 heterocycles. The third kappa shape index (κ3) is 4.62. The quantitative estimate of drug-likeness (QED) is 0.850. The van der Waals surface area contributed by atoms with Crippen molar-refractivity contribution in [2.45, 2.75) is 20.4 Å². The van der Waals surface area contributed by atoms with Gasteiger partial charge < -0.3 is 5.73 Å². The predicted octanol–water partition coefficient (Wildman–Crippen LogP) is 2.90. The molecule has 4 heteroatoms. The number of hydrogen-bond donors (Lipinski definition) is 1. The van der Waals surface area contributed by atoms with Crippen molar-refractivity contribution in [2.24, 2.45) is 11.7 Å². The van der Waals surface area contributed by atoms with Gasteiger partial charge in [0, 0.05) is 26.2 Å². The lowest BCUT2D eigenvalue weighted by Crippen LogP contribution is -2.32. The van der Waals surface area contributed by atoms with Crippen LogP contribution in [-0.4, -0.2) is 24.5 Å². The van der Waals surface area contributed by atoms with Crippen LogP contribution in [0.2, 0.25) is 5.02 Å². The summed E-state index contributed by atoms with van der Waals surface area (Å²) >= 11 is 5.94. The predicted molar refractivity (Wildman–Crippen MR) is 70.6 cm³/mol. The Morgan fingerprint density at radius 2 is 2.12 bits per heavy atom. The van der Waals surface area contributed by atoms with Gasteiger partial charge in [0.2, 0.25) is 0 Å². The Morgan fingerprint density at radius 3 is 2.71 bits per heavy atom. The van der Waals surface area contributed by atoms with Gasteiger partial charge in [-0.05, 0) is 17.5 Å². The SMILES string of the molecule is CC(C)CN(CCN)Cc1cccc(F)c1Cl. The topological polar surface area (TPSA) is 29.3 Å². The first-order valence-electron chi connectivity index (χ1n) is 5.90. The molecule has 0 aliphatic heterocycles. The highest BCUT2D eigenvalue weighted by atomic mass is 35.5. The minimum absolute atomic E-state index is 0.221. The van der Waals surface area contributed by atoms with E-state index in [2.05, 4.69) is 18.7 Å². The monoisotopic (exact) mass is 258 g/mol. The highest BCUT2D eigenvalue weighted by molar-refractivity contribution is 6.31. The van der Waals surface area contributed by atoms with Crippen molar-refractivity contribution < 1.29 is 4.39 Å². The van der Waals surface area contributed by atoms with E-state index in [4.69, 9.17) is 17.3 Å². The molecule has 2 N–H and O–H groups in total. The molecule has 0 aliphatic carbocycles. The van der Waals surface area contributed by atoms with E-state index in [9.17, 15) is 4.39 Å². The second-order valence-electron chi connectivity index (χ2n) is 4.63. The van der Waals surface area contributed by atoms with Crippen LogP contribution in [0.15, 0.2) is 18.2 Å². The molecule has 0 fully saturated rings. The lowest BCUT2D eigenvalue weighted by molar-refractivity contribution is 0.242. The summed E-state index contributed by atoms with van der Waals surface area (Å²) in [5.74, 6) is 0.190. The summed E-state index contributed by atoms with van der Waals surface area (Å²) in [5, 5.41) is 0.221. The van der Waals surface area contributed by atoms with Crippen LogP contribution in [0.25, 0.3) is 0 Å². The highest BCUT2D eigenvalue weighted by Crippen LogP contribution is 2.21. The zero-order valence-electron chi connectivity index (χ0n) is 10.4. The van der Waals surface area contributed by atoms with Crippen LogP contribution < -0.4 is 5.73 Å². The van der Waals surface area contributed by atoms with E-state index in [1.54, 1.807) is 6.07 Å². The maximum absolute atomic E-state index is 13.3. The summed E-state index contributed by atoms with van der Waals surface area (Å²) in [6, 6.07) is 4.92. The zero-order valence-corrected chi connectivity index (χ0v) is 11.2. The Bertz CT molecular complexity index is 355. The molecule has 0 saturated carbocycles. The minimum Gasteiger partial charge on any atom is -0.329 e. The van der Waals surface area contributed by atoms with Gasteiger partial charge in [0.1, 0.15) is 5.82 Å². The number of nitrogens with zero attached hydrogens (tertiary/aromatic N) is 1. The van der Waals surface area contributed by atoms with Crippen molar-refractivity contribution in [1.82, 2.24) is 4.90 Å². The summed E-state index contributed by atoms with van der Waals surface area (Å²) < 4.78 is 13.3. The molecule has 1 aromatic carbocycles. The van der Waals surface area contributed by atoms with Crippen molar-refractivity contribution in [1.29, 1.82) is 0 Å². The first-order valence-corrected chi connectivity index (χ1v) is 6.27. The third-order valence-corrected chi connectivity index (χ3v) is 2.92. The second kappa shape index (κ2) is 6.94. The van der Waals surface area contributed by atoms with Gasteiger partial charge in [-0.2, -0.15) is 0 Å². The molecule has 2 nitrogen and oxygen atoms in total. The van der Waals surface area contributed by atoms with E-state index in [-0.39, 0.29) is 10.8 Å². The molecule has 0 bridgehead atoms. The number of hydrogen-bond acceptors (Lipinski definition) is 2. The number of benzene rings is 1. The normalized spacial score (nSPS) is 11.5. The molecular formula is C13H20ClFN2. The Morgan fingerprint density at radius 1 is 1.41 bits per heavy atom. The number of nitrogens with two attached hydrogens (primary N) is 1. The van der Waals surface area contributed by atoms with E-state index < -0.39 is 0 Å². The van der Waals surface area contributed by atoms with Crippen molar-refractivity contribution in [3.8, 4) is 0 Å². The van der Waals surface area contributed by atoms with Gasteiger partial charge >= 0.3 is 0 Å². The van der Waals surface area contributed by atoms with Crippen LogP contribution in [0.3, 0.4) is 0 Å². The number of halogens is 2. The first kappa shape index (κ1) is 14.4. The van der Waals surface area contributed by atoms with Crippen LogP contribution in [0.5, 0.6) is 0 Å². The minimum atomic E-state index is -0.360. The van der Waals surface area contributed by atoms with Crippen LogP contribution in [0, 0.1) is 11.7 Å². The zero-order chi connectivity index (χ0) is 12.8. The van der Waals surface area contributed by atoms with E-state index in [1.807, 2.05) is 6.07 Å². The molecule has 0 saturated heterocycles. The summed E-state index contributed by atoms with van der Waals surface area (Å²) in [5.41, 5.74) is 6.40. The molecule has 0 spiro atoms. The molecule has 96 valence electrons. The fraction of sp³-hybridized carbons (Fsp3) is 0.538. The smallest absolute Gasteiger partial charge is 0.142 e. The number of rotatable bonds is 6. The van der Waals surface area contributed by atoms with Crippen LogP contribution in [-0.2, 0) is 6.54 Å². The molecule has 1 aromatic rings. The molecule has 0 aliphatic rings. The van der Waals surface area contributed by atoms with Crippen molar-refractivity contribution in [3.05, 3.63) is 34.6 Å². The highest BCUT2D eigenvalue weighted by Gasteiger charge is 2.11. The van der Waals surface area contributed by atoms with E-state index in [1.165, 1.54) is 6.07 Å². The Labute approximate surface area is 108 Å². The van der Waals surface area contributed by atoms with Gasteiger partial charge in [-0.3, -0.25) is 4.90 Å². The second-order valence-corrected chi connectivity index (χ2v) is 5.01. The third-order valence-electron chi connectivity index (χ3n) is 2.49. The van der Waals surface area contributed by atoms with Gasteiger partial charge in [0.05, 0.1) is 5.02 Å². The van der Waals surface area contributed by atoms with Crippen LogP contribution in [0.1, 0.15) is 19.4 Å². The van der Waals surface area contributed by atoms with Gasteiger partial charge in [0.15, 0.2) is 0 Å². The summed E-state index contributed by atoms with van der Waals surface area (Å²) in [6.07, 6.45) is 0. The molecule has 17 heavy (non-hydrogen) atoms. The van der Waals surface area contributed by atoms with Gasteiger partial charge in [0.25, 0.3) is 0 Å². The first-order chi connectivity index (χ1) is 8.04. The van der Waals surface area contributed by atoms with Crippen LogP contribution in [0.4, 0.5) is 4.39 Å². The maximum atomic E-state index is 13.3. The maximum Gasteiger partial charge on any atom is 0.142 e. The van der Waals surface area contributed by atoms with E-state index in [0.29, 0.717) is 19.0 Å². The Balaban J connectivity index is 2.74. The van der Waals surface area contributed by atoms with Crippen molar-refractivity contribution in [3.63, 3.8) is 0 Å². The fourth-order valence-electron chi connectivity index (χ4n) is 1.85. The van der Waals surface area contributed by atoms with Gasteiger partial charge in [-0.25, -0.2) is 4.39 Å². The van der Waals surface area contributed by atoms with Crippen molar-refractivity contribution in [2.75, 3.05) is 19.6 Å². The van der Waals surface area contributed by atoms with Crippen LogP contribution >= 0.6 is 11.6 Å². The Kier molecular flexibility index (Phi) is 5.89. The summed E-state index contributed by atoms with van der Waals surface area (Å²) in [6.45, 7) is 7.27. The molecule has 0 atom stereocenters. The fourth-order valence-corrected chi connectivity index (χ4v) is 2.03. The largest absolute Gasteiger partial charge is 0.329 e.